The molecule has 0 aliphatic heterocycles. The molecule has 11 heavy (non-hydrogen) atoms. The van der Waals surface area contributed by atoms with Crippen LogP contribution in [0.15, 0.2) is 11.4 Å². The van der Waals surface area contributed by atoms with E-state index in [1.165, 1.54) is 10.8 Å². The van der Waals surface area contributed by atoms with Crippen LogP contribution in [0.4, 0.5) is 5.82 Å². The fourth-order valence-corrected chi connectivity index (χ4v) is 1.60. The number of hydrogen-bond donors (Lipinski definition) is 1. The molecule has 2 N–H and O–H groups in total. The molecule has 0 atom stereocenters. The first-order valence-electron chi connectivity index (χ1n) is 2.90. The first-order valence-corrected chi connectivity index (χ1v) is 4.79. The lowest BCUT2D eigenvalue weighted by Gasteiger charge is -1.98. The predicted octanol–water partition coefficient (Wildman–Crippen LogP) is -0.594. The predicted molar refractivity (Wildman–Crippen MR) is 40.7 cm³/mol. The van der Waals surface area contributed by atoms with Crippen LogP contribution in [-0.4, -0.2) is 24.2 Å². The molecule has 0 spiro atoms. The van der Waals surface area contributed by atoms with Crippen LogP contribution in [0, 0.1) is 0 Å². The third kappa shape index (κ3) is 1.35. The first kappa shape index (κ1) is 8.06. The molecule has 0 fully saturated rings. The van der Waals surface area contributed by atoms with Crippen molar-refractivity contribution >= 4 is 15.7 Å². The van der Waals surface area contributed by atoms with E-state index in [0.717, 1.165) is 6.26 Å². The third-order valence-corrected chi connectivity index (χ3v) is 2.36. The van der Waals surface area contributed by atoms with Crippen LogP contribution in [0.1, 0.15) is 0 Å². The van der Waals surface area contributed by atoms with E-state index in [-0.39, 0.29) is 5.16 Å². The zero-order valence-corrected chi connectivity index (χ0v) is 7.09. The summed E-state index contributed by atoms with van der Waals surface area (Å²) in [5.41, 5.74) is 5.37. The number of nitrogens with two attached hydrogens (primary N) is 1. The van der Waals surface area contributed by atoms with Crippen LogP contribution in [-0.2, 0) is 16.9 Å². The smallest absolute Gasteiger partial charge is 0.228 e. The molecule has 0 saturated carbocycles. The minimum absolute atomic E-state index is 0.00463. The molecular formula is C5H9N3O2S. The topological polar surface area (TPSA) is 78.0 Å². The van der Waals surface area contributed by atoms with E-state index in [4.69, 9.17) is 5.73 Å². The highest BCUT2D eigenvalue weighted by atomic mass is 32.2. The number of anilines is 1. The second kappa shape index (κ2) is 2.23. The zero-order valence-electron chi connectivity index (χ0n) is 6.27. The van der Waals surface area contributed by atoms with Crippen molar-refractivity contribution in [3.63, 3.8) is 0 Å². The maximum atomic E-state index is 10.9. The summed E-state index contributed by atoms with van der Waals surface area (Å²) in [5.74, 6) is 0.338. The third-order valence-electron chi connectivity index (χ3n) is 1.31. The summed E-state index contributed by atoms with van der Waals surface area (Å²) < 4.78 is 23.2. The Morgan fingerprint density at radius 2 is 2.18 bits per heavy atom. The molecule has 0 saturated heterocycles. The molecule has 0 radical (unpaired) electrons. The normalized spacial score (nSPS) is 11.8. The Morgan fingerprint density at radius 1 is 1.64 bits per heavy atom. The van der Waals surface area contributed by atoms with Gasteiger partial charge in [0.15, 0.2) is 0 Å². The fraction of sp³-hybridized carbons (Fsp3) is 0.400. The Morgan fingerprint density at radius 3 is 2.36 bits per heavy atom. The number of rotatable bonds is 1. The second-order valence-corrected chi connectivity index (χ2v) is 4.21. The highest BCUT2D eigenvalue weighted by Crippen LogP contribution is 2.09. The highest BCUT2D eigenvalue weighted by molar-refractivity contribution is 7.90. The van der Waals surface area contributed by atoms with E-state index in [1.807, 2.05) is 0 Å². The molecule has 1 aromatic heterocycles. The van der Waals surface area contributed by atoms with Crippen molar-refractivity contribution in [3.8, 4) is 0 Å². The molecule has 6 heteroatoms. The molecule has 0 aliphatic carbocycles. The molecule has 62 valence electrons. The molecule has 0 aliphatic rings. The van der Waals surface area contributed by atoms with Gasteiger partial charge in [0.05, 0.1) is 6.20 Å². The summed E-state index contributed by atoms with van der Waals surface area (Å²) >= 11 is 0. The summed E-state index contributed by atoms with van der Waals surface area (Å²) in [5, 5.41) is -0.00463. The Bertz CT molecular complexity index is 365. The van der Waals surface area contributed by atoms with Crippen molar-refractivity contribution in [2.24, 2.45) is 7.05 Å². The van der Waals surface area contributed by atoms with Gasteiger partial charge in [0.1, 0.15) is 5.82 Å². The number of nitrogens with zero attached hydrogens (tertiary/aromatic N) is 2. The fourth-order valence-electron chi connectivity index (χ4n) is 0.749. The standard InChI is InChI=1S/C5H9N3O2S/c1-8-4(6)3-7-5(8)11(2,9)10/h3H,6H2,1-2H3. The lowest BCUT2D eigenvalue weighted by atomic mass is 10.8. The number of nitrogen functional groups attached to an aromatic ring is 1. The molecule has 0 unspecified atom stereocenters. The summed E-state index contributed by atoms with van der Waals surface area (Å²) in [7, 11) is -1.69. The Labute approximate surface area is 64.8 Å². The van der Waals surface area contributed by atoms with Gasteiger partial charge in [0.25, 0.3) is 0 Å². The molecule has 0 amide bonds. The van der Waals surface area contributed by atoms with Gasteiger partial charge in [-0.25, -0.2) is 13.4 Å². The van der Waals surface area contributed by atoms with Crippen LogP contribution in [0.25, 0.3) is 0 Å². The number of hydrogen-bond acceptors (Lipinski definition) is 4. The van der Waals surface area contributed by atoms with Crippen molar-refractivity contribution in [1.82, 2.24) is 9.55 Å². The van der Waals surface area contributed by atoms with Gasteiger partial charge >= 0.3 is 0 Å². The average Bonchev–Trinajstić information content (AvgIpc) is 2.11. The van der Waals surface area contributed by atoms with E-state index in [9.17, 15) is 8.42 Å². The van der Waals surface area contributed by atoms with Crippen LogP contribution in [0.2, 0.25) is 0 Å². The second-order valence-electron chi connectivity index (χ2n) is 2.30. The molecular weight excluding hydrogens is 166 g/mol. The Balaban J connectivity index is 3.38. The highest BCUT2D eigenvalue weighted by Gasteiger charge is 2.13. The van der Waals surface area contributed by atoms with Gasteiger partial charge in [-0.1, -0.05) is 0 Å². The van der Waals surface area contributed by atoms with Gasteiger partial charge in [0.2, 0.25) is 15.0 Å². The Hall–Kier alpha value is -1.04. The van der Waals surface area contributed by atoms with Crippen molar-refractivity contribution in [1.29, 1.82) is 0 Å². The quantitative estimate of drug-likeness (QED) is 0.618. The van der Waals surface area contributed by atoms with E-state index in [1.54, 1.807) is 7.05 Å². The SMILES string of the molecule is Cn1c(N)cnc1S(C)(=O)=O. The van der Waals surface area contributed by atoms with Crippen LogP contribution < -0.4 is 5.73 Å². The van der Waals surface area contributed by atoms with Gasteiger partial charge in [-0.15, -0.1) is 0 Å². The van der Waals surface area contributed by atoms with Gasteiger partial charge in [-0.05, 0) is 0 Å². The van der Waals surface area contributed by atoms with E-state index < -0.39 is 9.84 Å². The van der Waals surface area contributed by atoms with Crippen LogP contribution >= 0.6 is 0 Å². The van der Waals surface area contributed by atoms with E-state index >= 15 is 0 Å². The molecule has 0 aromatic carbocycles. The summed E-state index contributed by atoms with van der Waals surface area (Å²) in [6, 6.07) is 0. The summed E-state index contributed by atoms with van der Waals surface area (Å²) in [4.78, 5) is 3.64. The van der Waals surface area contributed by atoms with E-state index in [0.29, 0.717) is 5.82 Å². The lowest BCUT2D eigenvalue weighted by molar-refractivity contribution is 0.586. The van der Waals surface area contributed by atoms with Gasteiger partial charge in [-0.3, -0.25) is 0 Å². The lowest BCUT2D eigenvalue weighted by Crippen LogP contribution is -2.07. The van der Waals surface area contributed by atoms with Crippen LogP contribution in [0.3, 0.4) is 0 Å². The Kier molecular flexibility index (Phi) is 1.63. The summed E-state index contributed by atoms with van der Waals surface area (Å²) in [6.07, 6.45) is 2.41. The van der Waals surface area contributed by atoms with E-state index in [2.05, 4.69) is 4.98 Å². The maximum Gasteiger partial charge on any atom is 0.228 e. The van der Waals surface area contributed by atoms with Crippen LogP contribution in [0.5, 0.6) is 0 Å². The zero-order chi connectivity index (χ0) is 8.65. The summed E-state index contributed by atoms with van der Waals surface area (Å²) in [6.45, 7) is 0. The minimum Gasteiger partial charge on any atom is -0.384 e. The molecule has 1 rings (SSSR count). The van der Waals surface area contributed by atoms with Gasteiger partial charge in [0, 0.05) is 13.3 Å². The number of aromatic nitrogens is 2. The van der Waals surface area contributed by atoms with Crippen molar-refractivity contribution in [3.05, 3.63) is 6.20 Å². The minimum atomic E-state index is -3.24. The maximum absolute atomic E-state index is 10.9. The van der Waals surface area contributed by atoms with Gasteiger partial charge in [-0.2, -0.15) is 0 Å². The van der Waals surface area contributed by atoms with Crippen molar-refractivity contribution in [2.75, 3.05) is 12.0 Å². The average molecular weight is 175 g/mol. The number of sulfone groups is 1. The molecule has 1 heterocycles. The number of imidazole rings is 1. The monoisotopic (exact) mass is 175 g/mol. The van der Waals surface area contributed by atoms with Gasteiger partial charge < -0.3 is 10.3 Å². The van der Waals surface area contributed by atoms with Crippen molar-refractivity contribution in [2.45, 2.75) is 5.16 Å². The molecule has 1 aromatic rings. The molecule has 5 nitrogen and oxygen atoms in total. The van der Waals surface area contributed by atoms with Crippen molar-refractivity contribution < 1.29 is 8.42 Å². The molecule has 0 bridgehead atoms. The first-order chi connectivity index (χ1) is 4.93. The largest absolute Gasteiger partial charge is 0.384 e.